The Bertz CT molecular complexity index is 325. The van der Waals surface area contributed by atoms with Gasteiger partial charge in [-0.1, -0.05) is 29.8 Å². The normalized spacial score (nSPS) is 18.1. The minimum atomic E-state index is 0.310. The zero-order valence-electron chi connectivity index (χ0n) is 9.66. The van der Waals surface area contributed by atoms with Crippen molar-refractivity contribution in [3.63, 3.8) is 0 Å². The Balaban J connectivity index is 2.00. The summed E-state index contributed by atoms with van der Waals surface area (Å²) < 4.78 is 0. The first kappa shape index (κ1) is 10.7. The molecule has 1 aliphatic carbocycles. The second-order valence-corrected chi connectivity index (χ2v) is 4.77. The van der Waals surface area contributed by atoms with Crippen LogP contribution in [0.2, 0.25) is 0 Å². The SMILES string of the molecule is Cc1ccc(CN(C)C2(CN)CC2)cc1. The monoisotopic (exact) mass is 204 g/mol. The van der Waals surface area contributed by atoms with Crippen LogP contribution >= 0.6 is 0 Å². The quantitative estimate of drug-likeness (QED) is 0.812. The van der Waals surface area contributed by atoms with Crippen molar-refractivity contribution in [2.24, 2.45) is 5.73 Å². The smallest absolute Gasteiger partial charge is 0.0333 e. The molecule has 0 amide bonds. The predicted octanol–water partition coefficient (Wildman–Crippen LogP) is 1.92. The summed E-state index contributed by atoms with van der Waals surface area (Å²) in [5.74, 6) is 0. The second kappa shape index (κ2) is 3.95. The number of nitrogens with zero attached hydrogens (tertiary/aromatic N) is 1. The third kappa shape index (κ3) is 2.21. The first-order chi connectivity index (χ1) is 7.16. The fourth-order valence-corrected chi connectivity index (χ4v) is 2.02. The lowest BCUT2D eigenvalue weighted by Gasteiger charge is -2.26. The van der Waals surface area contributed by atoms with E-state index in [-0.39, 0.29) is 0 Å². The van der Waals surface area contributed by atoms with Gasteiger partial charge in [-0.2, -0.15) is 0 Å². The van der Waals surface area contributed by atoms with E-state index in [2.05, 4.69) is 43.1 Å². The Morgan fingerprint density at radius 3 is 2.33 bits per heavy atom. The molecule has 2 heteroatoms. The van der Waals surface area contributed by atoms with E-state index in [1.165, 1.54) is 24.0 Å². The molecule has 0 atom stereocenters. The Morgan fingerprint density at radius 2 is 1.87 bits per heavy atom. The molecule has 2 N–H and O–H groups in total. The highest BCUT2D eigenvalue weighted by Crippen LogP contribution is 2.40. The summed E-state index contributed by atoms with van der Waals surface area (Å²) in [4.78, 5) is 2.40. The van der Waals surface area contributed by atoms with Crippen molar-refractivity contribution in [3.05, 3.63) is 35.4 Å². The van der Waals surface area contributed by atoms with Crippen LogP contribution in [0.3, 0.4) is 0 Å². The van der Waals surface area contributed by atoms with E-state index in [1.54, 1.807) is 0 Å². The van der Waals surface area contributed by atoms with Crippen LogP contribution in [0.4, 0.5) is 0 Å². The lowest BCUT2D eigenvalue weighted by Crippen LogP contribution is -2.39. The maximum Gasteiger partial charge on any atom is 0.0333 e. The summed E-state index contributed by atoms with van der Waals surface area (Å²) in [5.41, 5.74) is 8.81. The number of hydrogen-bond donors (Lipinski definition) is 1. The van der Waals surface area contributed by atoms with E-state index in [1.807, 2.05) is 0 Å². The molecular weight excluding hydrogens is 184 g/mol. The van der Waals surface area contributed by atoms with E-state index in [0.717, 1.165) is 13.1 Å². The van der Waals surface area contributed by atoms with Gasteiger partial charge in [-0.25, -0.2) is 0 Å². The molecular formula is C13H20N2. The van der Waals surface area contributed by atoms with Crippen molar-refractivity contribution >= 4 is 0 Å². The Morgan fingerprint density at radius 1 is 1.27 bits per heavy atom. The van der Waals surface area contributed by atoms with Gasteiger partial charge in [-0.3, -0.25) is 4.90 Å². The van der Waals surface area contributed by atoms with Crippen molar-refractivity contribution in [1.82, 2.24) is 4.90 Å². The molecule has 1 aromatic carbocycles. The molecule has 1 aromatic rings. The third-order valence-corrected chi connectivity index (χ3v) is 3.56. The Kier molecular flexibility index (Phi) is 2.81. The molecule has 82 valence electrons. The van der Waals surface area contributed by atoms with Gasteiger partial charge in [0.2, 0.25) is 0 Å². The minimum absolute atomic E-state index is 0.310. The van der Waals surface area contributed by atoms with Crippen LogP contribution in [0.1, 0.15) is 24.0 Å². The number of hydrogen-bond acceptors (Lipinski definition) is 2. The fraction of sp³-hybridized carbons (Fsp3) is 0.538. The second-order valence-electron chi connectivity index (χ2n) is 4.77. The highest BCUT2D eigenvalue weighted by Gasteiger charge is 2.44. The van der Waals surface area contributed by atoms with Crippen molar-refractivity contribution in [1.29, 1.82) is 0 Å². The van der Waals surface area contributed by atoms with Crippen LogP contribution in [0.15, 0.2) is 24.3 Å². The summed E-state index contributed by atoms with van der Waals surface area (Å²) >= 11 is 0. The van der Waals surface area contributed by atoms with E-state index in [9.17, 15) is 0 Å². The number of benzene rings is 1. The van der Waals surface area contributed by atoms with E-state index in [4.69, 9.17) is 5.73 Å². The van der Waals surface area contributed by atoms with Gasteiger partial charge in [0.15, 0.2) is 0 Å². The molecule has 0 radical (unpaired) electrons. The highest BCUT2D eigenvalue weighted by atomic mass is 15.2. The number of nitrogens with two attached hydrogens (primary N) is 1. The summed E-state index contributed by atoms with van der Waals surface area (Å²) in [6.45, 7) is 3.92. The summed E-state index contributed by atoms with van der Waals surface area (Å²) in [6, 6.07) is 8.76. The van der Waals surface area contributed by atoms with Crippen LogP contribution in [0.25, 0.3) is 0 Å². The molecule has 1 aliphatic rings. The van der Waals surface area contributed by atoms with Gasteiger partial charge in [0.05, 0.1) is 0 Å². The molecule has 2 nitrogen and oxygen atoms in total. The van der Waals surface area contributed by atoms with Gasteiger partial charge in [-0.05, 0) is 32.4 Å². The lowest BCUT2D eigenvalue weighted by atomic mass is 10.1. The third-order valence-electron chi connectivity index (χ3n) is 3.56. The molecule has 2 rings (SSSR count). The average molecular weight is 204 g/mol. The fourth-order valence-electron chi connectivity index (χ4n) is 2.02. The minimum Gasteiger partial charge on any atom is -0.329 e. The van der Waals surface area contributed by atoms with Crippen molar-refractivity contribution < 1.29 is 0 Å². The zero-order chi connectivity index (χ0) is 10.9. The molecule has 0 saturated heterocycles. The van der Waals surface area contributed by atoms with Crippen molar-refractivity contribution in [2.45, 2.75) is 31.8 Å². The van der Waals surface area contributed by atoms with Gasteiger partial charge in [-0.15, -0.1) is 0 Å². The molecule has 0 aromatic heterocycles. The van der Waals surface area contributed by atoms with Crippen LogP contribution in [-0.2, 0) is 6.54 Å². The summed E-state index contributed by atoms with van der Waals surface area (Å²) in [7, 11) is 2.18. The molecule has 1 fully saturated rings. The lowest BCUT2D eigenvalue weighted by molar-refractivity contribution is 0.218. The van der Waals surface area contributed by atoms with Gasteiger partial charge >= 0.3 is 0 Å². The molecule has 0 bridgehead atoms. The van der Waals surface area contributed by atoms with E-state index in [0.29, 0.717) is 5.54 Å². The molecule has 0 aliphatic heterocycles. The molecule has 1 saturated carbocycles. The van der Waals surface area contributed by atoms with Gasteiger partial charge in [0.1, 0.15) is 0 Å². The largest absolute Gasteiger partial charge is 0.329 e. The van der Waals surface area contributed by atoms with Crippen LogP contribution < -0.4 is 5.73 Å². The number of likely N-dealkylation sites (N-methyl/N-ethyl adjacent to an activating group) is 1. The topological polar surface area (TPSA) is 29.3 Å². The standard InChI is InChI=1S/C13H20N2/c1-11-3-5-12(6-4-11)9-15(2)13(10-14)7-8-13/h3-6H,7-10,14H2,1-2H3. The Hall–Kier alpha value is -0.860. The number of aryl methyl sites for hydroxylation is 1. The Labute approximate surface area is 92.1 Å². The maximum absolute atomic E-state index is 5.81. The molecule has 0 spiro atoms. The molecule has 0 unspecified atom stereocenters. The summed E-state index contributed by atoms with van der Waals surface area (Å²) in [6.07, 6.45) is 2.51. The average Bonchev–Trinajstić information content (AvgIpc) is 3.02. The van der Waals surface area contributed by atoms with Crippen LogP contribution in [0, 0.1) is 6.92 Å². The molecule has 0 heterocycles. The van der Waals surface area contributed by atoms with Gasteiger partial charge in [0, 0.05) is 18.6 Å². The van der Waals surface area contributed by atoms with E-state index < -0.39 is 0 Å². The maximum atomic E-state index is 5.81. The van der Waals surface area contributed by atoms with Crippen molar-refractivity contribution in [3.8, 4) is 0 Å². The van der Waals surface area contributed by atoms with Gasteiger partial charge in [0.25, 0.3) is 0 Å². The predicted molar refractivity (Wildman–Crippen MR) is 63.7 cm³/mol. The van der Waals surface area contributed by atoms with Gasteiger partial charge < -0.3 is 5.73 Å². The van der Waals surface area contributed by atoms with Crippen LogP contribution in [0.5, 0.6) is 0 Å². The first-order valence-corrected chi connectivity index (χ1v) is 5.63. The zero-order valence-corrected chi connectivity index (χ0v) is 9.66. The molecule has 15 heavy (non-hydrogen) atoms. The summed E-state index contributed by atoms with van der Waals surface area (Å²) in [5, 5.41) is 0. The van der Waals surface area contributed by atoms with Crippen LogP contribution in [-0.4, -0.2) is 24.0 Å². The first-order valence-electron chi connectivity index (χ1n) is 5.63. The number of rotatable bonds is 4. The van der Waals surface area contributed by atoms with Crippen molar-refractivity contribution in [2.75, 3.05) is 13.6 Å². The van der Waals surface area contributed by atoms with E-state index >= 15 is 0 Å². The highest BCUT2D eigenvalue weighted by molar-refractivity contribution is 5.21.